The molecular formula is C24H22N4O6S. The summed E-state index contributed by atoms with van der Waals surface area (Å²) >= 11 is 0. The second-order valence-electron chi connectivity index (χ2n) is 8.04. The van der Waals surface area contributed by atoms with Crippen LogP contribution in [-0.4, -0.2) is 48.4 Å². The highest BCUT2D eigenvalue weighted by molar-refractivity contribution is 7.91. The molecule has 1 aliphatic rings. The number of methoxy groups -OCH3 is 1. The van der Waals surface area contributed by atoms with Crippen molar-refractivity contribution in [3.8, 4) is 23.4 Å². The number of aromatic nitrogens is 2. The van der Waals surface area contributed by atoms with Crippen LogP contribution in [0.5, 0.6) is 17.4 Å². The Morgan fingerprint density at radius 1 is 1.26 bits per heavy atom. The summed E-state index contributed by atoms with van der Waals surface area (Å²) in [5.41, 5.74) is 0.0685. The van der Waals surface area contributed by atoms with Gasteiger partial charge in [-0.15, -0.1) is 0 Å². The fourth-order valence-corrected chi connectivity index (χ4v) is 5.39. The molecular weight excluding hydrogens is 472 g/mol. The first-order valence-corrected chi connectivity index (χ1v) is 12.5. The van der Waals surface area contributed by atoms with Crippen molar-refractivity contribution in [1.29, 1.82) is 5.26 Å². The third-order valence-corrected chi connectivity index (χ3v) is 7.31. The fourth-order valence-electron chi connectivity index (χ4n) is 3.71. The lowest BCUT2D eigenvalue weighted by Gasteiger charge is -2.13. The Morgan fingerprint density at radius 3 is 2.60 bits per heavy atom. The quantitative estimate of drug-likeness (QED) is 0.405. The van der Waals surface area contributed by atoms with Gasteiger partial charge in [0, 0.05) is 12.2 Å². The van der Waals surface area contributed by atoms with Crippen LogP contribution < -0.4 is 20.3 Å². The van der Waals surface area contributed by atoms with Crippen molar-refractivity contribution in [2.75, 3.05) is 18.6 Å². The number of ether oxygens (including phenoxy) is 2. The van der Waals surface area contributed by atoms with Gasteiger partial charge in [0.05, 0.1) is 18.6 Å². The lowest BCUT2D eigenvalue weighted by Crippen LogP contribution is -2.36. The number of hydrogen-bond acceptors (Lipinski definition) is 8. The third-order valence-electron chi connectivity index (χ3n) is 5.54. The molecule has 1 N–H and O–H groups in total. The topological polar surface area (TPSA) is 140 Å². The van der Waals surface area contributed by atoms with Gasteiger partial charge < -0.3 is 14.8 Å². The van der Waals surface area contributed by atoms with Gasteiger partial charge in [-0.1, -0.05) is 6.07 Å². The Balaban J connectivity index is 1.77. The second kappa shape index (κ2) is 9.60. The van der Waals surface area contributed by atoms with E-state index in [1.807, 2.05) is 0 Å². The molecule has 11 heteroatoms. The minimum absolute atomic E-state index is 0.0291. The Kier molecular flexibility index (Phi) is 6.57. The highest BCUT2D eigenvalue weighted by Crippen LogP contribution is 2.26. The molecule has 35 heavy (non-hydrogen) atoms. The van der Waals surface area contributed by atoms with Crippen LogP contribution in [0.2, 0.25) is 0 Å². The van der Waals surface area contributed by atoms with Crippen LogP contribution in [-0.2, 0) is 14.6 Å². The normalized spacial score (nSPS) is 17.1. The van der Waals surface area contributed by atoms with E-state index in [9.17, 15) is 23.3 Å². The molecule has 180 valence electrons. The molecule has 0 aliphatic carbocycles. The number of pyridine rings is 1. The van der Waals surface area contributed by atoms with Gasteiger partial charge in [0.1, 0.15) is 34.4 Å². The van der Waals surface area contributed by atoms with E-state index in [4.69, 9.17) is 9.47 Å². The van der Waals surface area contributed by atoms with Gasteiger partial charge in [-0.05, 0) is 55.3 Å². The smallest absolute Gasteiger partial charge is 0.269 e. The van der Waals surface area contributed by atoms with Crippen LogP contribution >= 0.6 is 0 Å². The zero-order chi connectivity index (χ0) is 25.2. The Hall–Kier alpha value is -4.17. The molecule has 0 saturated carbocycles. The second-order valence-corrected chi connectivity index (χ2v) is 10.3. The summed E-state index contributed by atoms with van der Waals surface area (Å²) in [5.74, 6) is -0.111. The summed E-state index contributed by atoms with van der Waals surface area (Å²) in [4.78, 5) is 30.6. The number of benzene rings is 1. The average molecular weight is 495 g/mol. The Bertz CT molecular complexity index is 1540. The van der Waals surface area contributed by atoms with Gasteiger partial charge in [-0.3, -0.25) is 14.0 Å². The van der Waals surface area contributed by atoms with Crippen LogP contribution in [0.1, 0.15) is 17.5 Å². The molecule has 1 fully saturated rings. The van der Waals surface area contributed by atoms with E-state index in [1.54, 1.807) is 49.4 Å². The van der Waals surface area contributed by atoms with Crippen LogP contribution in [0.4, 0.5) is 0 Å². The molecule has 1 atom stereocenters. The van der Waals surface area contributed by atoms with E-state index < -0.39 is 27.3 Å². The molecule has 2 aromatic heterocycles. The Morgan fingerprint density at radius 2 is 1.97 bits per heavy atom. The maximum absolute atomic E-state index is 13.4. The van der Waals surface area contributed by atoms with Crippen LogP contribution in [0.3, 0.4) is 0 Å². The summed E-state index contributed by atoms with van der Waals surface area (Å²) in [6.45, 7) is 1.79. The first-order chi connectivity index (χ1) is 16.7. The van der Waals surface area contributed by atoms with E-state index in [0.717, 1.165) is 11.6 Å². The van der Waals surface area contributed by atoms with Crippen molar-refractivity contribution in [2.24, 2.45) is 0 Å². The predicted molar refractivity (Wildman–Crippen MR) is 128 cm³/mol. The summed E-state index contributed by atoms with van der Waals surface area (Å²) in [6.07, 6.45) is 2.90. The van der Waals surface area contributed by atoms with E-state index in [2.05, 4.69) is 10.3 Å². The molecule has 4 rings (SSSR count). The molecule has 1 saturated heterocycles. The number of sulfone groups is 1. The minimum atomic E-state index is -3.22. The van der Waals surface area contributed by atoms with Crippen molar-refractivity contribution in [3.05, 3.63) is 69.6 Å². The van der Waals surface area contributed by atoms with Gasteiger partial charge in [0.25, 0.3) is 11.5 Å². The molecule has 3 heterocycles. The van der Waals surface area contributed by atoms with Crippen molar-refractivity contribution >= 4 is 27.5 Å². The maximum Gasteiger partial charge on any atom is 0.269 e. The minimum Gasteiger partial charge on any atom is -0.497 e. The van der Waals surface area contributed by atoms with Crippen molar-refractivity contribution in [1.82, 2.24) is 14.7 Å². The molecule has 1 unspecified atom stereocenters. The number of amides is 1. The monoisotopic (exact) mass is 494 g/mol. The highest BCUT2D eigenvalue weighted by Gasteiger charge is 2.30. The van der Waals surface area contributed by atoms with E-state index in [1.165, 1.54) is 17.7 Å². The molecule has 0 spiro atoms. The standard InChI is InChI=1S/C24H22N4O6S/c1-15-4-3-10-28-21(15)27-23(34-19-7-5-18(33-2)6-8-19)20(24(28)30)12-16(13-25)22(29)26-17-9-11-35(31,32)14-17/h3-8,10,12,17H,9,11,14H2,1-2H3,(H,26,29). The van der Waals surface area contributed by atoms with E-state index in [-0.39, 0.29) is 34.9 Å². The first-order valence-electron chi connectivity index (χ1n) is 10.7. The molecule has 10 nitrogen and oxygen atoms in total. The number of carbonyl (C=O) groups is 1. The highest BCUT2D eigenvalue weighted by atomic mass is 32.2. The predicted octanol–water partition coefficient (Wildman–Crippen LogP) is 2.01. The number of rotatable bonds is 6. The van der Waals surface area contributed by atoms with Crippen LogP contribution in [0.15, 0.2) is 53.0 Å². The maximum atomic E-state index is 13.4. The summed E-state index contributed by atoms with van der Waals surface area (Å²) in [5, 5.41) is 12.2. The van der Waals surface area contributed by atoms with Crippen LogP contribution in [0.25, 0.3) is 11.7 Å². The lowest BCUT2D eigenvalue weighted by atomic mass is 10.1. The summed E-state index contributed by atoms with van der Waals surface area (Å²) in [6, 6.07) is 11.3. The van der Waals surface area contributed by atoms with Crippen molar-refractivity contribution in [3.63, 3.8) is 0 Å². The van der Waals surface area contributed by atoms with Crippen molar-refractivity contribution in [2.45, 2.75) is 19.4 Å². The van der Waals surface area contributed by atoms with Gasteiger partial charge in [-0.2, -0.15) is 10.2 Å². The number of fused-ring (bicyclic) bond motifs is 1. The number of carbonyl (C=O) groups excluding carboxylic acids is 1. The zero-order valence-corrected chi connectivity index (χ0v) is 19.8. The van der Waals surface area contributed by atoms with Gasteiger partial charge in [0.15, 0.2) is 9.84 Å². The number of nitrogens with zero attached hydrogens (tertiary/aromatic N) is 3. The Labute approximate surface area is 201 Å². The van der Waals surface area contributed by atoms with Gasteiger partial charge >= 0.3 is 0 Å². The van der Waals surface area contributed by atoms with E-state index >= 15 is 0 Å². The molecule has 0 bridgehead atoms. The van der Waals surface area contributed by atoms with Gasteiger partial charge in [0.2, 0.25) is 5.88 Å². The number of aryl methyl sites for hydroxylation is 1. The van der Waals surface area contributed by atoms with Gasteiger partial charge in [-0.25, -0.2) is 8.42 Å². The molecule has 1 amide bonds. The first kappa shape index (κ1) is 24.0. The molecule has 1 aromatic carbocycles. The van der Waals surface area contributed by atoms with Crippen molar-refractivity contribution < 1.29 is 22.7 Å². The van der Waals surface area contributed by atoms with Crippen LogP contribution in [0, 0.1) is 18.3 Å². The lowest BCUT2D eigenvalue weighted by molar-refractivity contribution is -0.117. The summed E-state index contributed by atoms with van der Waals surface area (Å²) in [7, 11) is -1.69. The number of nitrogens with one attached hydrogen (secondary N) is 1. The summed E-state index contributed by atoms with van der Waals surface area (Å²) < 4.78 is 35.7. The SMILES string of the molecule is COc1ccc(Oc2nc3c(C)cccn3c(=O)c2C=C(C#N)C(=O)NC2CCS(=O)(=O)C2)cc1. The molecule has 0 radical (unpaired) electrons. The largest absolute Gasteiger partial charge is 0.497 e. The van der Waals surface area contributed by atoms with E-state index in [0.29, 0.717) is 17.1 Å². The molecule has 1 aliphatic heterocycles. The average Bonchev–Trinajstić information content (AvgIpc) is 3.18. The zero-order valence-electron chi connectivity index (χ0n) is 19.0. The fraction of sp³-hybridized carbons (Fsp3) is 0.250. The molecule has 3 aromatic rings. The number of nitriles is 1. The third kappa shape index (κ3) is 5.17. The number of hydrogen-bond donors (Lipinski definition) is 1.